The summed E-state index contributed by atoms with van der Waals surface area (Å²) in [4.78, 5) is 15.0. The highest BCUT2D eigenvalue weighted by Crippen LogP contribution is 2.28. The number of halogens is 2. The molecular weight excluding hydrogens is 354 g/mol. The molecule has 0 aliphatic heterocycles. The fourth-order valence-corrected chi connectivity index (χ4v) is 2.96. The predicted octanol–water partition coefficient (Wildman–Crippen LogP) is 4.06. The van der Waals surface area contributed by atoms with Crippen molar-refractivity contribution in [2.45, 2.75) is 25.1 Å². The van der Waals surface area contributed by atoms with Crippen LogP contribution in [0.4, 0.5) is 0 Å². The highest BCUT2D eigenvalue weighted by atomic mass is 79.9. The second-order valence-corrected chi connectivity index (χ2v) is 7.80. The lowest BCUT2D eigenvalue weighted by molar-refractivity contribution is 0.0798. The fourth-order valence-electron chi connectivity index (χ4n) is 1.23. The second-order valence-electron chi connectivity index (χ2n) is 3.86. The molecule has 0 saturated heterocycles. The van der Waals surface area contributed by atoms with Gasteiger partial charge in [0.15, 0.2) is 0 Å². The first-order valence-electron chi connectivity index (χ1n) is 5.07. The molecule has 0 spiro atoms. The van der Waals surface area contributed by atoms with Crippen LogP contribution in [0, 0.1) is 6.92 Å². The topological polar surface area (TPSA) is 20.3 Å². The second kappa shape index (κ2) is 6.17. The quantitative estimate of drug-likeness (QED) is 0.733. The van der Waals surface area contributed by atoms with Gasteiger partial charge in [0, 0.05) is 18.4 Å². The summed E-state index contributed by atoms with van der Waals surface area (Å²) in [7, 11) is 1.85. The molecule has 16 heavy (non-hydrogen) atoms. The Morgan fingerprint density at radius 3 is 2.69 bits per heavy atom. The molecule has 0 aliphatic carbocycles. The monoisotopic (exact) mass is 367 g/mol. The van der Waals surface area contributed by atoms with E-state index >= 15 is 0 Å². The maximum absolute atomic E-state index is 12.0. The first kappa shape index (κ1) is 14.2. The van der Waals surface area contributed by atoms with Crippen LogP contribution in [0.1, 0.15) is 28.6 Å². The number of aryl methyl sites for hydroxylation is 1. The van der Waals surface area contributed by atoms with E-state index in [-0.39, 0.29) is 5.91 Å². The Labute approximate surface area is 117 Å². The minimum atomic E-state index is 0.104. The number of carbonyl (C=O) groups is 1. The van der Waals surface area contributed by atoms with E-state index in [9.17, 15) is 4.79 Å². The molecule has 0 aliphatic rings. The number of hydrogen-bond donors (Lipinski definition) is 0. The van der Waals surface area contributed by atoms with Crippen molar-refractivity contribution in [1.82, 2.24) is 4.90 Å². The van der Waals surface area contributed by atoms with Gasteiger partial charge in [0.05, 0.1) is 8.66 Å². The third kappa shape index (κ3) is 3.86. The Balaban J connectivity index is 2.63. The number of amides is 1. The van der Waals surface area contributed by atoms with Crippen molar-refractivity contribution >= 4 is 49.1 Å². The summed E-state index contributed by atoms with van der Waals surface area (Å²) < 4.78 is 1.04. The Hall–Kier alpha value is 0.130. The van der Waals surface area contributed by atoms with E-state index in [1.165, 1.54) is 11.3 Å². The number of alkyl halides is 1. The van der Waals surface area contributed by atoms with Crippen molar-refractivity contribution in [2.75, 3.05) is 13.6 Å². The molecule has 1 rings (SSSR count). The summed E-state index contributed by atoms with van der Waals surface area (Å²) in [5.74, 6) is 0.104. The lowest BCUT2D eigenvalue weighted by Crippen LogP contribution is -2.28. The number of thiophene rings is 1. The molecule has 90 valence electrons. The van der Waals surface area contributed by atoms with Gasteiger partial charge in [-0.25, -0.2) is 0 Å². The van der Waals surface area contributed by atoms with Gasteiger partial charge in [-0.15, -0.1) is 11.3 Å². The van der Waals surface area contributed by atoms with Crippen LogP contribution >= 0.6 is 43.2 Å². The van der Waals surface area contributed by atoms with Crippen LogP contribution in [-0.2, 0) is 0 Å². The highest BCUT2D eigenvalue weighted by Gasteiger charge is 2.15. The molecule has 1 unspecified atom stereocenters. The van der Waals surface area contributed by atoms with Crippen LogP contribution in [-0.4, -0.2) is 29.2 Å². The molecule has 0 saturated carbocycles. The van der Waals surface area contributed by atoms with Crippen molar-refractivity contribution in [3.05, 3.63) is 20.3 Å². The largest absolute Gasteiger partial charge is 0.341 e. The Kier molecular flexibility index (Phi) is 5.47. The molecule has 1 heterocycles. The van der Waals surface area contributed by atoms with Gasteiger partial charge in [-0.1, -0.05) is 22.9 Å². The van der Waals surface area contributed by atoms with Crippen LogP contribution in [0.2, 0.25) is 0 Å². The lowest BCUT2D eigenvalue weighted by Gasteiger charge is -2.16. The third-order valence-electron chi connectivity index (χ3n) is 2.28. The summed E-state index contributed by atoms with van der Waals surface area (Å²) in [6.45, 7) is 4.86. The molecule has 5 heteroatoms. The van der Waals surface area contributed by atoms with Gasteiger partial charge in [0.2, 0.25) is 0 Å². The Morgan fingerprint density at radius 2 is 2.25 bits per heavy atom. The molecule has 0 radical (unpaired) electrons. The van der Waals surface area contributed by atoms with E-state index in [4.69, 9.17) is 0 Å². The summed E-state index contributed by atoms with van der Waals surface area (Å²) >= 11 is 8.42. The molecule has 0 fully saturated rings. The normalized spacial score (nSPS) is 12.6. The van der Waals surface area contributed by atoms with Gasteiger partial charge in [-0.05, 0) is 40.9 Å². The minimum Gasteiger partial charge on any atom is -0.341 e. The first-order chi connectivity index (χ1) is 7.41. The molecule has 0 aromatic carbocycles. The van der Waals surface area contributed by atoms with E-state index in [1.54, 1.807) is 4.90 Å². The molecule has 1 aromatic rings. The summed E-state index contributed by atoms with van der Waals surface area (Å²) in [6.07, 6.45) is 0.966. The van der Waals surface area contributed by atoms with Gasteiger partial charge < -0.3 is 4.90 Å². The first-order valence-corrected chi connectivity index (χ1v) is 7.59. The van der Waals surface area contributed by atoms with Crippen molar-refractivity contribution in [3.63, 3.8) is 0 Å². The zero-order valence-corrected chi connectivity index (χ0v) is 13.6. The van der Waals surface area contributed by atoms with Crippen LogP contribution in [0.5, 0.6) is 0 Å². The summed E-state index contributed by atoms with van der Waals surface area (Å²) in [6, 6.07) is 1.94. The van der Waals surface area contributed by atoms with E-state index in [1.807, 2.05) is 20.0 Å². The van der Waals surface area contributed by atoms with Crippen molar-refractivity contribution in [3.8, 4) is 0 Å². The standard InChI is InChI=1S/C11H15Br2NOS/c1-7-6-9(16-10(7)13)11(15)14(3)5-4-8(2)12/h6,8H,4-5H2,1-3H3. The van der Waals surface area contributed by atoms with E-state index in [0.29, 0.717) is 4.83 Å². The number of nitrogens with zero attached hydrogens (tertiary/aromatic N) is 1. The van der Waals surface area contributed by atoms with Crippen LogP contribution < -0.4 is 0 Å². The molecule has 0 bridgehead atoms. The Morgan fingerprint density at radius 1 is 1.62 bits per heavy atom. The highest BCUT2D eigenvalue weighted by molar-refractivity contribution is 9.11. The number of rotatable bonds is 4. The number of hydrogen-bond acceptors (Lipinski definition) is 2. The zero-order chi connectivity index (χ0) is 12.3. The zero-order valence-electron chi connectivity index (χ0n) is 9.59. The van der Waals surface area contributed by atoms with Gasteiger partial charge >= 0.3 is 0 Å². The van der Waals surface area contributed by atoms with Crippen LogP contribution in [0.15, 0.2) is 9.85 Å². The van der Waals surface area contributed by atoms with Crippen molar-refractivity contribution in [1.29, 1.82) is 0 Å². The third-order valence-corrected chi connectivity index (χ3v) is 4.86. The van der Waals surface area contributed by atoms with E-state index in [0.717, 1.165) is 27.2 Å². The number of carbonyl (C=O) groups excluding carboxylic acids is 1. The predicted molar refractivity (Wildman–Crippen MR) is 76.7 cm³/mol. The lowest BCUT2D eigenvalue weighted by atomic mass is 10.3. The maximum atomic E-state index is 12.0. The minimum absolute atomic E-state index is 0.104. The van der Waals surface area contributed by atoms with Gasteiger partial charge in [0.25, 0.3) is 5.91 Å². The average molecular weight is 369 g/mol. The van der Waals surface area contributed by atoms with E-state index in [2.05, 4.69) is 38.8 Å². The van der Waals surface area contributed by atoms with Crippen molar-refractivity contribution < 1.29 is 4.79 Å². The van der Waals surface area contributed by atoms with Crippen LogP contribution in [0.3, 0.4) is 0 Å². The van der Waals surface area contributed by atoms with Gasteiger partial charge in [-0.2, -0.15) is 0 Å². The fraction of sp³-hybridized carbons (Fsp3) is 0.545. The maximum Gasteiger partial charge on any atom is 0.263 e. The smallest absolute Gasteiger partial charge is 0.263 e. The average Bonchev–Trinajstić information content (AvgIpc) is 2.54. The Bertz CT molecular complexity index is 357. The summed E-state index contributed by atoms with van der Waals surface area (Å²) in [5.41, 5.74) is 1.12. The van der Waals surface area contributed by atoms with Crippen molar-refractivity contribution in [2.24, 2.45) is 0 Å². The van der Waals surface area contributed by atoms with Gasteiger partial charge in [-0.3, -0.25) is 4.79 Å². The molecule has 1 amide bonds. The molecule has 2 nitrogen and oxygen atoms in total. The van der Waals surface area contributed by atoms with E-state index < -0.39 is 0 Å². The SMILES string of the molecule is Cc1cc(C(=O)N(C)CCC(C)Br)sc1Br. The molecular formula is C11H15Br2NOS. The summed E-state index contributed by atoms with van der Waals surface area (Å²) in [5, 5.41) is 0. The molecule has 0 N–H and O–H groups in total. The van der Waals surface area contributed by atoms with Crippen LogP contribution in [0.25, 0.3) is 0 Å². The molecule has 1 atom stereocenters. The van der Waals surface area contributed by atoms with Gasteiger partial charge in [0.1, 0.15) is 0 Å². The molecule has 1 aromatic heterocycles.